The van der Waals surface area contributed by atoms with Crippen LogP contribution in [0.5, 0.6) is 17.4 Å². The highest BCUT2D eigenvalue weighted by molar-refractivity contribution is 7.90. The van der Waals surface area contributed by atoms with Crippen LogP contribution in [0.1, 0.15) is 106 Å². The summed E-state index contributed by atoms with van der Waals surface area (Å²) < 4.78 is 90.6. The van der Waals surface area contributed by atoms with Gasteiger partial charge >= 0.3 is 0 Å². The lowest BCUT2D eigenvalue weighted by molar-refractivity contribution is -0.384. The first kappa shape index (κ1) is 56.0. The Labute approximate surface area is 487 Å². The summed E-state index contributed by atoms with van der Waals surface area (Å²) >= 11 is 0. The topological polar surface area (TPSA) is 206 Å². The summed E-state index contributed by atoms with van der Waals surface area (Å²) in [7, 11) is -4.74. The number of H-pyrrole nitrogens is 1. The van der Waals surface area contributed by atoms with Gasteiger partial charge in [0.05, 0.1) is 51.9 Å². The molecule has 84 heavy (non-hydrogen) atoms. The van der Waals surface area contributed by atoms with E-state index in [0.717, 1.165) is 105 Å². The van der Waals surface area contributed by atoms with Gasteiger partial charge in [-0.05, 0) is 131 Å². The molecule has 8 heterocycles. The molecule has 6 aliphatic heterocycles. The van der Waals surface area contributed by atoms with Crippen molar-refractivity contribution in [3.05, 3.63) is 130 Å². The summed E-state index contributed by atoms with van der Waals surface area (Å²) in [5, 5.41) is 16.7. The number of halogens is 2. The first-order chi connectivity index (χ1) is 40.6. The largest absolute Gasteiger partial charge is 0.491 e. The molecular formula is C62H71F2N9O10S. The van der Waals surface area contributed by atoms with E-state index in [2.05, 4.69) is 53.7 Å². The van der Waals surface area contributed by atoms with Crippen molar-refractivity contribution in [3.63, 3.8) is 0 Å². The Hall–Kier alpha value is -7.11. The Morgan fingerprint density at radius 2 is 1.71 bits per heavy atom. The minimum absolute atomic E-state index is 0.00183. The highest BCUT2D eigenvalue weighted by atomic mass is 32.2. The number of piperidine rings is 1. The number of carbonyl (C=O) groups excluding carboxylic acids is 1. The number of nitrogens with one attached hydrogen (secondary N) is 3. The fourth-order valence-corrected chi connectivity index (χ4v) is 15.4. The van der Waals surface area contributed by atoms with Crippen molar-refractivity contribution in [2.45, 2.75) is 119 Å². The number of hydrogen-bond donors (Lipinski definition) is 3. The van der Waals surface area contributed by atoms with Crippen molar-refractivity contribution >= 4 is 55.4 Å². The third-order valence-electron chi connectivity index (χ3n) is 18.7. The van der Waals surface area contributed by atoms with Crippen molar-refractivity contribution in [2.75, 3.05) is 80.9 Å². The zero-order valence-electron chi connectivity index (χ0n) is 47.4. The molecule has 0 radical (unpaired) electrons. The predicted octanol–water partition coefficient (Wildman–Crippen LogP) is 10.2. The van der Waals surface area contributed by atoms with Gasteiger partial charge in [-0.2, -0.15) is 4.98 Å². The molecule has 4 saturated heterocycles. The molecule has 2 aromatic heterocycles. The highest BCUT2D eigenvalue weighted by Gasteiger charge is 2.51. The maximum atomic E-state index is 14.9. The standard InChI is InChI=1S/C62H71F2N9O10S/c1-4-49(39-9-12-46(63)47(64)27-39)70-22-23-71(54(34-70)44-7-5-6-8-55(44)82-37(2)3)42-32-62(33-42)17-20-69(21-18-62)41-10-11-45(51(29-41)72-50-16-26-80-36-57(50)83-61-53(72)28-40-13-19-65-59(40)67-61)60(74)68-84(77,78)43-30-52(73(75)76)58-56(31-43)81-35-48(66-58)38-14-24-79-25-15-38/h5-13,19,27-31,37-38,42,48-50,54,57,66H,4,14-18,20-26,32-36H2,1-3H3,(H,65,67)(H,68,74)/t48-,49?,50-,54-,57-/m0/s1. The molecule has 4 aromatic carbocycles. The van der Waals surface area contributed by atoms with E-state index in [1.54, 1.807) is 18.3 Å². The molecule has 444 valence electrons. The number of rotatable bonds is 14. The SMILES string of the molecule is CCC(c1ccc(F)c(F)c1)N1CCN(C2CC3(CCN(c4ccc(C(=O)NS(=O)(=O)c5cc6c(c([N+](=O)[O-])c5)N[C@H](C5CCOCC5)CO6)c(N5c6cc7cc[nH]c7nc6O[C@H]6COCC[C@@H]65)c4)CC3)C2)[C@H](c2ccccc2OC(C)C)C1. The second-order valence-electron chi connectivity index (χ2n) is 24.0. The molecule has 5 fully saturated rings. The average Bonchev–Trinajstić information content (AvgIpc) is 1.40. The Morgan fingerprint density at radius 1 is 0.917 bits per heavy atom. The molecule has 3 N–H and O–H groups in total. The van der Waals surface area contributed by atoms with Crippen LogP contribution in [0.2, 0.25) is 0 Å². The van der Waals surface area contributed by atoms with Gasteiger partial charge in [0.15, 0.2) is 23.1 Å². The molecule has 5 atom stereocenters. The van der Waals surface area contributed by atoms with Crippen molar-refractivity contribution in [2.24, 2.45) is 11.3 Å². The maximum absolute atomic E-state index is 14.9. The average molecular weight is 1170 g/mol. The van der Waals surface area contributed by atoms with Crippen LogP contribution in [-0.2, 0) is 19.5 Å². The molecule has 7 aliphatic rings. The van der Waals surface area contributed by atoms with Crippen LogP contribution >= 0.6 is 0 Å². The van der Waals surface area contributed by atoms with Gasteiger partial charge < -0.3 is 43.8 Å². The second-order valence-corrected chi connectivity index (χ2v) is 25.7. The van der Waals surface area contributed by atoms with Crippen LogP contribution in [0.3, 0.4) is 0 Å². The van der Waals surface area contributed by atoms with Crippen molar-refractivity contribution in [3.8, 4) is 17.4 Å². The molecule has 1 unspecified atom stereocenters. The Balaban J connectivity index is 0.777. The van der Waals surface area contributed by atoms with Gasteiger partial charge in [0.1, 0.15) is 29.8 Å². The number of hydrogen-bond acceptors (Lipinski definition) is 16. The van der Waals surface area contributed by atoms with E-state index in [1.807, 2.05) is 50.2 Å². The van der Waals surface area contributed by atoms with E-state index >= 15 is 0 Å². The van der Waals surface area contributed by atoms with Crippen LogP contribution < -0.4 is 34.0 Å². The lowest BCUT2D eigenvalue weighted by Crippen LogP contribution is -2.60. The molecule has 1 saturated carbocycles. The third-order valence-corrected chi connectivity index (χ3v) is 20.0. The number of sulfonamides is 1. The number of ether oxygens (including phenoxy) is 5. The van der Waals surface area contributed by atoms with E-state index < -0.39 is 49.2 Å². The minimum atomic E-state index is -4.74. The molecule has 1 spiro atoms. The highest BCUT2D eigenvalue weighted by Crippen LogP contribution is 2.55. The fraction of sp³-hybridized carbons (Fsp3) is 0.484. The van der Waals surface area contributed by atoms with Crippen molar-refractivity contribution in [1.29, 1.82) is 0 Å². The zero-order valence-corrected chi connectivity index (χ0v) is 48.3. The van der Waals surface area contributed by atoms with Gasteiger partial charge in [-0.15, -0.1) is 0 Å². The van der Waals surface area contributed by atoms with Crippen LogP contribution in [0.4, 0.5) is 37.2 Å². The number of pyridine rings is 1. The first-order valence-corrected chi connectivity index (χ1v) is 31.1. The summed E-state index contributed by atoms with van der Waals surface area (Å²) in [6, 6.07) is 23.8. The predicted molar refractivity (Wildman–Crippen MR) is 312 cm³/mol. The lowest BCUT2D eigenvalue weighted by Gasteiger charge is -2.58. The van der Waals surface area contributed by atoms with Crippen molar-refractivity contribution in [1.82, 2.24) is 24.5 Å². The number of benzene rings is 4. The Bertz CT molecular complexity index is 3590. The first-order valence-electron chi connectivity index (χ1n) is 29.6. The number of aromatic nitrogens is 2. The smallest absolute Gasteiger partial charge is 0.297 e. The number of carbonyl (C=O) groups is 1. The number of fused-ring (bicyclic) bond motifs is 4. The minimum Gasteiger partial charge on any atom is -0.491 e. The number of amides is 1. The number of para-hydroxylation sites is 1. The summed E-state index contributed by atoms with van der Waals surface area (Å²) in [6.07, 6.45) is 7.99. The number of anilines is 4. The maximum Gasteiger partial charge on any atom is 0.297 e. The monoisotopic (exact) mass is 1170 g/mol. The van der Waals surface area contributed by atoms with Crippen LogP contribution in [0.15, 0.2) is 96.0 Å². The summed E-state index contributed by atoms with van der Waals surface area (Å²) in [5.41, 5.74) is 4.22. The van der Waals surface area contributed by atoms with Gasteiger partial charge in [-0.1, -0.05) is 31.2 Å². The third kappa shape index (κ3) is 10.7. The second kappa shape index (κ2) is 22.7. The molecule has 6 aromatic rings. The molecule has 1 aliphatic carbocycles. The van der Waals surface area contributed by atoms with Gasteiger partial charge in [-0.3, -0.25) is 24.7 Å². The summed E-state index contributed by atoms with van der Waals surface area (Å²) in [6.45, 7) is 11.9. The zero-order chi connectivity index (χ0) is 58.0. The van der Waals surface area contributed by atoms with E-state index in [1.165, 1.54) is 18.2 Å². The number of nitro benzene ring substituents is 1. The van der Waals surface area contributed by atoms with E-state index in [9.17, 15) is 32.1 Å². The lowest BCUT2D eigenvalue weighted by atomic mass is 9.59. The van der Waals surface area contributed by atoms with Gasteiger partial charge in [-0.25, -0.2) is 21.9 Å². The van der Waals surface area contributed by atoms with E-state index in [0.29, 0.717) is 61.7 Å². The summed E-state index contributed by atoms with van der Waals surface area (Å²) in [4.78, 5) is 43.9. The molecule has 22 heteroatoms. The number of aromatic amines is 1. The summed E-state index contributed by atoms with van der Waals surface area (Å²) in [5.74, 6) is -1.26. The molecular weight excluding hydrogens is 1100 g/mol. The normalized spacial score (nSPS) is 23.4. The molecule has 1 amide bonds. The Morgan fingerprint density at radius 3 is 2.49 bits per heavy atom. The van der Waals surface area contributed by atoms with Crippen LogP contribution in [0, 0.1) is 33.1 Å². The van der Waals surface area contributed by atoms with E-state index in [-0.39, 0.29) is 71.8 Å². The number of piperazine rings is 1. The van der Waals surface area contributed by atoms with Crippen LogP contribution in [-0.4, -0.2) is 135 Å². The van der Waals surface area contributed by atoms with Gasteiger partial charge in [0, 0.05) is 99.6 Å². The molecule has 0 bridgehead atoms. The Kier molecular flexibility index (Phi) is 15.2. The van der Waals surface area contributed by atoms with Crippen molar-refractivity contribution < 1.29 is 50.6 Å². The van der Waals surface area contributed by atoms with Gasteiger partial charge in [0.25, 0.3) is 21.6 Å². The number of nitro groups is 1. The van der Waals surface area contributed by atoms with Crippen LogP contribution in [0.25, 0.3) is 11.0 Å². The number of nitrogens with zero attached hydrogens (tertiary/aromatic N) is 6. The quantitative estimate of drug-likeness (QED) is 0.0685. The molecule has 13 rings (SSSR count). The molecule has 19 nitrogen and oxygen atoms in total. The fourth-order valence-electron chi connectivity index (χ4n) is 14.4. The van der Waals surface area contributed by atoms with Gasteiger partial charge in [0.2, 0.25) is 5.88 Å². The van der Waals surface area contributed by atoms with E-state index in [4.69, 9.17) is 28.7 Å².